The Labute approximate surface area is 121 Å². The molecule has 110 valence electrons. The predicted octanol–water partition coefficient (Wildman–Crippen LogP) is 3.28. The van der Waals surface area contributed by atoms with Gasteiger partial charge in [0.25, 0.3) is 0 Å². The Hall–Kier alpha value is -1.51. The van der Waals surface area contributed by atoms with Crippen LogP contribution in [0.15, 0.2) is 24.3 Å². The highest BCUT2D eigenvalue weighted by atomic mass is 16.5. The number of carbonyl (C=O) groups excluding carboxylic acids is 1. The fraction of sp³-hybridized carbons (Fsp3) is 0.588. The van der Waals surface area contributed by atoms with E-state index >= 15 is 0 Å². The maximum absolute atomic E-state index is 12.2. The van der Waals surface area contributed by atoms with Gasteiger partial charge in [-0.25, -0.2) is 0 Å². The SMILES string of the molecule is CCOc1ccccc1CCC(=O)N1CCC(C)CC1. The van der Waals surface area contributed by atoms with E-state index in [9.17, 15) is 4.79 Å². The third-order valence-corrected chi connectivity index (χ3v) is 4.02. The number of ether oxygens (including phenoxy) is 1. The molecule has 2 rings (SSSR count). The molecular formula is C17H25NO2. The Morgan fingerprint density at radius 2 is 2.00 bits per heavy atom. The van der Waals surface area contributed by atoms with Crippen LogP contribution in [-0.2, 0) is 11.2 Å². The van der Waals surface area contributed by atoms with Crippen LogP contribution in [0.3, 0.4) is 0 Å². The molecule has 1 heterocycles. The molecule has 0 spiro atoms. The van der Waals surface area contributed by atoms with Crippen LogP contribution in [-0.4, -0.2) is 30.5 Å². The van der Waals surface area contributed by atoms with Gasteiger partial charge in [-0.2, -0.15) is 0 Å². The summed E-state index contributed by atoms with van der Waals surface area (Å²) < 4.78 is 5.60. The average Bonchev–Trinajstić information content (AvgIpc) is 2.47. The summed E-state index contributed by atoms with van der Waals surface area (Å²) in [4.78, 5) is 14.2. The zero-order valence-corrected chi connectivity index (χ0v) is 12.6. The Kier molecular flexibility index (Phi) is 5.45. The quantitative estimate of drug-likeness (QED) is 0.825. The van der Waals surface area contributed by atoms with E-state index in [0.717, 1.165) is 49.6 Å². The Morgan fingerprint density at radius 3 is 2.70 bits per heavy atom. The second kappa shape index (κ2) is 7.32. The van der Waals surface area contributed by atoms with Crippen molar-refractivity contribution < 1.29 is 9.53 Å². The van der Waals surface area contributed by atoms with Crippen LogP contribution < -0.4 is 4.74 Å². The zero-order chi connectivity index (χ0) is 14.4. The van der Waals surface area contributed by atoms with Gasteiger partial charge in [-0.3, -0.25) is 4.79 Å². The van der Waals surface area contributed by atoms with Gasteiger partial charge in [0, 0.05) is 19.5 Å². The van der Waals surface area contributed by atoms with Crippen molar-refractivity contribution in [1.29, 1.82) is 0 Å². The van der Waals surface area contributed by atoms with Gasteiger partial charge in [0.15, 0.2) is 0 Å². The number of piperidine rings is 1. The van der Waals surface area contributed by atoms with Gasteiger partial charge in [0.2, 0.25) is 5.91 Å². The lowest BCUT2D eigenvalue weighted by Gasteiger charge is -2.30. The highest BCUT2D eigenvalue weighted by Crippen LogP contribution is 2.21. The largest absolute Gasteiger partial charge is 0.494 e. The summed E-state index contributed by atoms with van der Waals surface area (Å²) in [7, 11) is 0. The number of aryl methyl sites for hydroxylation is 1. The van der Waals surface area contributed by atoms with Crippen LogP contribution in [0.5, 0.6) is 5.75 Å². The van der Waals surface area contributed by atoms with Crippen LogP contribution in [0, 0.1) is 5.92 Å². The molecule has 1 aliphatic heterocycles. The summed E-state index contributed by atoms with van der Waals surface area (Å²) in [5.74, 6) is 1.95. The highest BCUT2D eigenvalue weighted by molar-refractivity contribution is 5.76. The van der Waals surface area contributed by atoms with Crippen molar-refractivity contribution in [2.24, 2.45) is 5.92 Å². The first-order valence-electron chi connectivity index (χ1n) is 7.69. The number of amides is 1. The molecule has 1 saturated heterocycles. The molecule has 0 N–H and O–H groups in total. The molecule has 0 saturated carbocycles. The maximum Gasteiger partial charge on any atom is 0.222 e. The lowest BCUT2D eigenvalue weighted by molar-refractivity contribution is -0.132. The minimum atomic E-state index is 0.281. The zero-order valence-electron chi connectivity index (χ0n) is 12.6. The van der Waals surface area contributed by atoms with E-state index in [-0.39, 0.29) is 5.91 Å². The first-order chi connectivity index (χ1) is 9.70. The van der Waals surface area contributed by atoms with Crippen molar-refractivity contribution in [3.63, 3.8) is 0 Å². The molecule has 3 heteroatoms. The van der Waals surface area contributed by atoms with E-state index in [0.29, 0.717) is 13.0 Å². The molecule has 1 aromatic rings. The maximum atomic E-state index is 12.2. The first-order valence-corrected chi connectivity index (χ1v) is 7.69. The van der Waals surface area contributed by atoms with Crippen LogP contribution in [0.4, 0.5) is 0 Å². The van der Waals surface area contributed by atoms with Crippen molar-refractivity contribution in [1.82, 2.24) is 4.90 Å². The number of likely N-dealkylation sites (tertiary alicyclic amines) is 1. The van der Waals surface area contributed by atoms with E-state index in [1.807, 2.05) is 30.0 Å². The van der Waals surface area contributed by atoms with Crippen LogP contribution in [0.25, 0.3) is 0 Å². The third-order valence-electron chi connectivity index (χ3n) is 4.02. The molecule has 0 atom stereocenters. The van der Waals surface area contributed by atoms with E-state index in [1.165, 1.54) is 0 Å². The van der Waals surface area contributed by atoms with E-state index in [4.69, 9.17) is 4.74 Å². The lowest BCUT2D eigenvalue weighted by Crippen LogP contribution is -2.38. The molecule has 20 heavy (non-hydrogen) atoms. The molecule has 0 bridgehead atoms. The lowest BCUT2D eigenvalue weighted by atomic mass is 9.98. The number of carbonyl (C=O) groups is 1. The summed E-state index contributed by atoms with van der Waals surface area (Å²) in [6.07, 6.45) is 3.63. The van der Waals surface area contributed by atoms with Crippen molar-refractivity contribution in [3.8, 4) is 5.75 Å². The number of hydrogen-bond donors (Lipinski definition) is 0. The standard InChI is InChI=1S/C17H25NO2/c1-3-20-16-7-5-4-6-15(16)8-9-17(19)18-12-10-14(2)11-13-18/h4-7,14H,3,8-13H2,1-2H3. The van der Waals surface area contributed by atoms with E-state index in [1.54, 1.807) is 0 Å². The monoisotopic (exact) mass is 275 g/mol. The van der Waals surface area contributed by atoms with E-state index < -0.39 is 0 Å². The molecule has 1 aliphatic rings. The minimum absolute atomic E-state index is 0.281. The Bertz CT molecular complexity index is 436. The topological polar surface area (TPSA) is 29.5 Å². The molecule has 0 unspecified atom stereocenters. The summed E-state index contributed by atoms with van der Waals surface area (Å²) >= 11 is 0. The Balaban J connectivity index is 1.87. The molecule has 1 amide bonds. The molecule has 3 nitrogen and oxygen atoms in total. The van der Waals surface area contributed by atoms with Crippen LogP contribution in [0.2, 0.25) is 0 Å². The molecule has 1 aromatic carbocycles. The summed E-state index contributed by atoms with van der Waals surface area (Å²) in [6.45, 7) is 6.76. The van der Waals surface area contributed by atoms with Crippen LogP contribution in [0.1, 0.15) is 38.7 Å². The fourth-order valence-electron chi connectivity index (χ4n) is 2.66. The van der Waals surface area contributed by atoms with Gasteiger partial charge in [0.05, 0.1) is 6.61 Å². The minimum Gasteiger partial charge on any atom is -0.494 e. The van der Waals surface area contributed by atoms with E-state index in [2.05, 4.69) is 13.0 Å². The van der Waals surface area contributed by atoms with Crippen LogP contribution >= 0.6 is 0 Å². The number of para-hydroxylation sites is 1. The van der Waals surface area contributed by atoms with Gasteiger partial charge in [-0.15, -0.1) is 0 Å². The fourth-order valence-corrected chi connectivity index (χ4v) is 2.66. The highest BCUT2D eigenvalue weighted by Gasteiger charge is 2.20. The average molecular weight is 275 g/mol. The smallest absolute Gasteiger partial charge is 0.222 e. The predicted molar refractivity (Wildman–Crippen MR) is 80.9 cm³/mol. The summed E-state index contributed by atoms with van der Waals surface area (Å²) in [5, 5.41) is 0. The molecule has 0 radical (unpaired) electrons. The number of nitrogens with zero attached hydrogens (tertiary/aromatic N) is 1. The van der Waals surface area contributed by atoms with Gasteiger partial charge in [-0.1, -0.05) is 25.1 Å². The molecule has 1 fully saturated rings. The summed E-state index contributed by atoms with van der Waals surface area (Å²) in [6, 6.07) is 8.01. The Morgan fingerprint density at radius 1 is 1.30 bits per heavy atom. The second-order valence-electron chi connectivity index (χ2n) is 5.60. The second-order valence-corrected chi connectivity index (χ2v) is 5.60. The van der Waals surface area contributed by atoms with Gasteiger partial charge >= 0.3 is 0 Å². The molecule has 0 aromatic heterocycles. The van der Waals surface area contributed by atoms with Gasteiger partial charge in [0.1, 0.15) is 5.75 Å². The van der Waals surface area contributed by atoms with Crippen molar-refractivity contribution in [3.05, 3.63) is 29.8 Å². The first kappa shape index (κ1) is 14.9. The molecule has 0 aliphatic carbocycles. The van der Waals surface area contributed by atoms with Crippen molar-refractivity contribution in [2.75, 3.05) is 19.7 Å². The number of hydrogen-bond acceptors (Lipinski definition) is 2. The number of benzene rings is 1. The van der Waals surface area contributed by atoms with Gasteiger partial charge < -0.3 is 9.64 Å². The summed E-state index contributed by atoms with van der Waals surface area (Å²) in [5.41, 5.74) is 1.13. The molecular weight excluding hydrogens is 250 g/mol. The van der Waals surface area contributed by atoms with Crippen molar-refractivity contribution >= 4 is 5.91 Å². The number of rotatable bonds is 5. The van der Waals surface area contributed by atoms with Crippen molar-refractivity contribution in [2.45, 2.75) is 39.5 Å². The van der Waals surface area contributed by atoms with Gasteiger partial charge in [-0.05, 0) is 43.7 Å². The normalized spacial score (nSPS) is 16.2. The third kappa shape index (κ3) is 3.99.